The average Bonchev–Trinajstić information content (AvgIpc) is 2.82. The fraction of sp³-hybridized carbons (Fsp3) is 0.833. The number of carboxylic acid groups (broad SMARTS) is 1. The Kier molecular flexibility index (Phi) is 5.91. The van der Waals surface area contributed by atoms with Crippen LogP contribution in [0.4, 0.5) is 4.79 Å². The van der Waals surface area contributed by atoms with Crippen molar-refractivity contribution < 1.29 is 19.8 Å². The SMILES string of the molecule is CN(CCCCCO)C(=O)N1CCCC1C(=O)O. The van der Waals surface area contributed by atoms with Crippen LogP contribution >= 0.6 is 0 Å². The van der Waals surface area contributed by atoms with E-state index in [9.17, 15) is 9.59 Å². The number of carbonyl (C=O) groups is 2. The van der Waals surface area contributed by atoms with E-state index in [4.69, 9.17) is 10.2 Å². The summed E-state index contributed by atoms with van der Waals surface area (Å²) in [7, 11) is 1.69. The molecule has 0 aromatic heterocycles. The van der Waals surface area contributed by atoms with Crippen molar-refractivity contribution in [3.8, 4) is 0 Å². The number of rotatable bonds is 6. The fourth-order valence-electron chi connectivity index (χ4n) is 2.20. The smallest absolute Gasteiger partial charge is 0.326 e. The first-order valence-corrected chi connectivity index (χ1v) is 6.43. The molecule has 0 aromatic carbocycles. The summed E-state index contributed by atoms with van der Waals surface area (Å²) in [6.45, 7) is 1.29. The van der Waals surface area contributed by atoms with Crippen LogP contribution in [0.1, 0.15) is 32.1 Å². The second kappa shape index (κ2) is 7.20. The molecule has 0 saturated carbocycles. The highest BCUT2D eigenvalue weighted by Crippen LogP contribution is 2.19. The summed E-state index contributed by atoms with van der Waals surface area (Å²) in [5.41, 5.74) is 0. The van der Waals surface area contributed by atoms with Gasteiger partial charge in [0.1, 0.15) is 6.04 Å². The maximum Gasteiger partial charge on any atom is 0.326 e. The maximum atomic E-state index is 12.1. The molecule has 104 valence electrons. The Morgan fingerprint density at radius 3 is 2.67 bits per heavy atom. The molecule has 18 heavy (non-hydrogen) atoms. The first-order chi connectivity index (χ1) is 8.57. The molecule has 1 aliphatic heterocycles. The summed E-state index contributed by atoms with van der Waals surface area (Å²) < 4.78 is 0. The monoisotopic (exact) mass is 258 g/mol. The molecule has 0 spiro atoms. The van der Waals surface area contributed by atoms with E-state index >= 15 is 0 Å². The summed E-state index contributed by atoms with van der Waals surface area (Å²) in [6, 6.07) is -0.874. The predicted molar refractivity (Wildman–Crippen MR) is 66.3 cm³/mol. The van der Waals surface area contributed by atoms with Gasteiger partial charge in [-0.05, 0) is 32.1 Å². The summed E-state index contributed by atoms with van der Waals surface area (Å²) in [6.07, 6.45) is 3.73. The number of aliphatic hydroxyl groups is 1. The lowest BCUT2D eigenvalue weighted by Crippen LogP contribution is -2.46. The number of likely N-dealkylation sites (tertiary alicyclic amines) is 1. The van der Waals surface area contributed by atoms with E-state index in [1.54, 1.807) is 11.9 Å². The number of hydrogen-bond donors (Lipinski definition) is 2. The standard InChI is InChI=1S/C12H22N2O4/c1-13(7-3-2-4-9-15)12(18)14-8-5-6-10(14)11(16)17/h10,15H,2-9H2,1H3,(H,16,17). The zero-order valence-corrected chi connectivity index (χ0v) is 10.8. The molecule has 2 N–H and O–H groups in total. The van der Waals surface area contributed by atoms with Crippen LogP contribution in [0.5, 0.6) is 0 Å². The van der Waals surface area contributed by atoms with Gasteiger partial charge >= 0.3 is 12.0 Å². The first-order valence-electron chi connectivity index (χ1n) is 6.43. The zero-order valence-electron chi connectivity index (χ0n) is 10.8. The van der Waals surface area contributed by atoms with E-state index in [2.05, 4.69) is 0 Å². The van der Waals surface area contributed by atoms with Crippen LogP contribution in [-0.2, 0) is 4.79 Å². The zero-order chi connectivity index (χ0) is 13.5. The number of amides is 2. The number of aliphatic hydroxyl groups excluding tert-OH is 1. The molecular formula is C12H22N2O4. The third-order valence-electron chi connectivity index (χ3n) is 3.26. The summed E-state index contributed by atoms with van der Waals surface area (Å²) in [5, 5.41) is 17.7. The van der Waals surface area contributed by atoms with Gasteiger partial charge in [0.05, 0.1) is 0 Å². The van der Waals surface area contributed by atoms with E-state index in [1.807, 2.05) is 0 Å². The lowest BCUT2D eigenvalue weighted by Gasteiger charge is -2.27. The van der Waals surface area contributed by atoms with Crippen LogP contribution < -0.4 is 0 Å². The second-order valence-electron chi connectivity index (χ2n) is 4.68. The van der Waals surface area contributed by atoms with Crippen molar-refractivity contribution in [3.05, 3.63) is 0 Å². The van der Waals surface area contributed by atoms with Gasteiger partial charge < -0.3 is 20.0 Å². The molecule has 6 nitrogen and oxygen atoms in total. The molecule has 1 rings (SSSR count). The molecule has 1 atom stereocenters. The number of nitrogens with zero attached hydrogens (tertiary/aromatic N) is 2. The largest absolute Gasteiger partial charge is 0.480 e. The average molecular weight is 258 g/mol. The molecule has 2 amide bonds. The van der Waals surface area contributed by atoms with Gasteiger partial charge in [-0.3, -0.25) is 0 Å². The van der Waals surface area contributed by atoms with Crippen molar-refractivity contribution in [2.75, 3.05) is 26.7 Å². The van der Waals surface area contributed by atoms with Crippen LogP contribution in [-0.4, -0.2) is 64.8 Å². The first kappa shape index (κ1) is 14.8. The van der Waals surface area contributed by atoms with Crippen LogP contribution in [0.15, 0.2) is 0 Å². The summed E-state index contributed by atoms with van der Waals surface area (Å²) in [5.74, 6) is -0.922. The number of carboxylic acids is 1. The molecule has 0 aliphatic carbocycles. The summed E-state index contributed by atoms with van der Waals surface area (Å²) >= 11 is 0. The number of hydrogen-bond acceptors (Lipinski definition) is 3. The van der Waals surface area contributed by atoms with Gasteiger partial charge in [0, 0.05) is 26.7 Å². The van der Waals surface area contributed by atoms with Gasteiger partial charge in [0.2, 0.25) is 0 Å². The summed E-state index contributed by atoms with van der Waals surface area (Å²) in [4.78, 5) is 26.1. The van der Waals surface area contributed by atoms with E-state index in [0.717, 1.165) is 25.7 Å². The van der Waals surface area contributed by atoms with Crippen LogP contribution in [0.25, 0.3) is 0 Å². The minimum atomic E-state index is -0.922. The Hall–Kier alpha value is -1.30. The van der Waals surface area contributed by atoms with Crippen molar-refractivity contribution in [2.45, 2.75) is 38.1 Å². The molecule has 0 bridgehead atoms. The van der Waals surface area contributed by atoms with Crippen LogP contribution in [0, 0.1) is 0 Å². The van der Waals surface area contributed by atoms with Crippen LogP contribution in [0.3, 0.4) is 0 Å². The topological polar surface area (TPSA) is 81.1 Å². The van der Waals surface area contributed by atoms with Gasteiger partial charge in [-0.25, -0.2) is 9.59 Å². The van der Waals surface area contributed by atoms with Crippen molar-refractivity contribution in [3.63, 3.8) is 0 Å². The Bertz CT molecular complexity index is 296. The molecule has 1 fully saturated rings. The predicted octanol–water partition coefficient (Wildman–Crippen LogP) is 0.750. The molecule has 1 heterocycles. The molecule has 0 radical (unpaired) electrons. The molecule has 1 saturated heterocycles. The highest BCUT2D eigenvalue weighted by molar-refractivity contribution is 5.83. The highest BCUT2D eigenvalue weighted by Gasteiger charge is 2.35. The number of unbranched alkanes of at least 4 members (excludes halogenated alkanes) is 2. The molecule has 1 unspecified atom stereocenters. The van der Waals surface area contributed by atoms with Crippen molar-refractivity contribution >= 4 is 12.0 Å². The number of carbonyl (C=O) groups excluding carboxylic acids is 1. The van der Waals surface area contributed by atoms with E-state index in [1.165, 1.54) is 4.90 Å². The third-order valence-corrected chi connectivity index (χ3v) is 3.26. The van der Waals surface area contributed by atoms with Gasteiger partial charge in [0.15, 0.2) is 0 Å². The Balaban J connectivity index is 2.40. The Morgan fingerprint density at radius 2 is 2.06 bits per heavy atom. The van der Waals surface area contributed by atoms with Crippen LogP contribution in [0.2, 0.25) is 0 Å². The number of urea groups is 1. The van der Waals surface area contributed by atoms with Crippen molar-refractivity contribution in [2.24, 2.45) is 0 Å². The van der Waals surface area contributed by atoms with Crippen molar-refractivity contribution in [1.29, 1.82) is 0 Å². The van der Waals surface area contributed by atoms with E-state index in [0.29, 0.717) is 19.5 Å². The normalized spacial score (nSPS) is 19.0. The van der Waals surface area contributed by atoms with E-state index < -0.39 is 12.0 Å². The third kappa shape index (κ3) is 3.87. The minimum Gasteiger partial charge on any atom is -0.480 e. The second-order valence-corrected chi connectivity index (χ2v) is 4.68. The molecule has 1 aliphatic rings. The lowest BCUT2D eigenvalue weighted by atomic mass is 10.2. The maximum absolute atomic E-state index is 12.1. The molecular weight excluding hydrogens is 236 g/mol. The van der Waals surface area contributed by atoms with Gasteiger partial charge in [-0.15, -0.1) is 0 Å². The van der Waals surface area contributed by atoms with Gasteiger partial charge in [0.25, 0.3) is 0 Å². The van der Waals surface area contributed by atoms with E-state index in [-0.39, 0.29) is 12.6 Å². The van der Waals surface area contributed by atoms with Crippen molar-refractivity contribution in [1.82, 2.24) is 9.80 Å². The Morgan fingerprint density at radius 1 is 1.33 bits per heavy atom. The molecule has 6 heteroatoms. The van der Waals surface area contributed by atoms with Gasteiger partial charge in [-0.2, -0.15) is 0 Å². The lowest BCUT2D eigenvalue weighted by molar-refractivity contribution is -0.141. The fourth-order valence-corrected chi connectivity index (χ4v) is 2.20. The highest BCUT2D eigenvalue weighted by atomic mass is 16.4. The quantitative estimate of drug-likeness (QED) is 0.689. The minimum absolute atomic E-state index is 0.172. The molecule has 0 aromatic rings. The Labute approximate surface area is 107 Å². The van der Waals surface area contributed by atoms with Gasteiger partial charge in [-0.1, -0.05) is 0 Å². The number of aliphatic carboxylic acids is 1.